The van der Waals surface area contributed by atoms with Gasteiger partial charge in [-0.1, -0.05) is 158 Å². The summed E-state index contributed by atoms with van der Waals surface area (Å²) < 4.78 is 5.10. The van der Waals surface area contributed by atoms with E-state index in [0.29, 0.717) is 5.82 Å². The minimum Gasteiger partial charge on any atom is -0.247 e. The molecule has 58 heavy (non-hydrogen) atoms. The van der Waals surface area contributed by atoms with E-state index in [0.717, 1.165) is 44.9 Å². The number of aromatic nitrogens is 3. The molecule has 5 heteroatoms. The minimum absolute atomic E-state index is 0.717. The maximum Gasteiger partial charge on any atom is 0.160 e. The molecular formula is C53H31N3S2. The number of fused-ring (bicyclic) bond motifs is 10. The zero-order valence-electron chi connectivity index (χ0n) is 31.1. The van der Waals surface area contributed by atoms with Crippen LogP contribution in [0.4, 0.5) is 0 Å². The molecule has 0 saturated heterocycles. The Bertz CT molecular complexity index is 3550. The highest BCUT2D eigenvalue weighted by molar-refractivity contribution is 7.26. The van der Waals surface area contributed by atoms with Gasteiger partial charge in [-0.05, 0) is 41.5 Å². The van der Waals surface area contributed by atoms with E-state index in [4.69, 9.17) is 15.0 Å². The molecule has 0 aliphatic heterocycles. The first-order chi connectivity index (χ1) is 28.7. The molecule has 270 valence electrons. The van der Waals surface area contributed by atoms with Gasteiger partial charge in [-0.25, -0.2) is 15.0 Å². The molecule has 12 aromatic rings. The molecule has 0 bridgehead atoms. The zero-order chi connectivity index (χ0) is 38.2. The molecule has 0 radical (unpaired) electrons. The lowest BCUT2D eigenvalue weighted by Crippen LogP contribution is -1.96. The summed E-state index contributed by atoms with van der Waals surface area (Å²) in [5.74, 6) is 0.717. The van der Waals surface area contributed by atoms with E-state index >= 15 is 0 Å². The lowest BCUT2D eigenvalue weighted by atomic mass is 9.95. The zero-order valence-corrected chi connectivity index (χ0v) is 32.7. The molecule has 0 aliphatic rings. The molecular weight excluding hydrogens is 743 g/mol. The molecule has 4 heterocycles. The van der Waals surface area contributed by atoms with Crippen molar-refractivity contribution >= 4 is 84.7 Å². The highest BCUT2D eigenvalue weighted by atomic mass is 32.1. The van der Waals surface area contributed by atoms with Crippen LogP contribution >= 0.6 is 22.7 Å². The Balaban J connectivity index is 1.01. The maximum absolute atomic E-state index is 5.21. The average molecular weight is 774 g/mol. The monoisotopic (exact) mass is 773 g/mol. The van der Waals surface area contributed by atoms with Crippen molar-refractivity contribution in [1.29, 1.82) is 0 Å². The first-order valence-corrected chi connectivity index (χ1v) is 21.1. The van der Waals surface area contributed by atoms with Gasteiger partial charge in [-0.2, -0.15) is 0 Å². The molecule has 12 rings (SSSR count). The molecule has 0 saturated carbocycles. The summed E-state index contributed by atoms with van der Waals surface area (Å²) in [6.07, 6.45) is 0. The Morgan fingerprint density at radius 1 is 0.328 bits per heavy atom. The first kappa shape index (κ1) is 33.1. The van der Waals surface area contributed by atoms with Crippen LogP contribution in [0.1, 0.15) is 0 Å². The summed E-state index contributed by atoms with van der Waals surface area (Å²) in [6, 6.07) is 67.0. The number of nitrogens with zero attached hydrogens (tertiary/aromatic N) is 3. The number of benzene rings is 8. The van der Waals surface area contributed by atoms with Gasteiger partial charge in [-0.3, -0.25) is 0 Å². The lowest BCUT2D eigenvalue weighted by Gasteiger charge is -2.12. The standard InChI is InChI=1S/C53H31N3S2/c1-3-13-34(14-4-1)51-40-29-30-47-50(49(40)37-17-7-9-22-42(37)54-51)41-21-11-19-36(52(41)58-47)32-25-27-33(28-26-32)43-31-44(56-53(55-43)35-15-5-2-6-16-35)38-20-12-24-46-48(38)39-18-8-10-23-45(39)57-46/h1-31H. The van der Waals surface area contributed by atoms with Gasteiger partial charge in [-0.15, -0.1) is 22.7 Å². The van der Waals surface area contributed by atoms with E-state index in [1.54, 1.807) is 0 Å². The largest absolute Gasteiger partial charge is 0.247 e. The third-order valence-electron chi connectivity index (χ3n) is 11.3. The molecule has 0 amide bonds. The van der Waals surface area contributed by atoms with E-state index < -0.39 is 0 Å². The van der Waals surface area contributed by atoms with Crippen molar-refractivity contribution < 1.29 is 0 Å². The van der Waals surface area contributed by atoms with Gasteiger partial charge >= 0.3 is 0 Å². The van der Waals surface area contributed by atoms with E-state index in [-0.39, 0.29) is 0 Å². The lowest BCUT2D eigenvalue weighted by molar-refractivity contribution is 1.19. The molecule has 0 N–H and O–H groups in total. The smallest absolute Gasteiger partial charge is 0.160 e. The summed E-state index contributed by atoms with van der Waals surface area (Å²) in [5.41, 5.74) is 10.5. The van der Waals surface area contributed by atoms with Gasteiger partial charge in [0.25, 0.3) is 0 Å². The molecule has 0 fully saturated rings. The van der Waals surface area contributed by atoms with Crippen molar-refractivity contribution in [1.82, 2.24) is 15.0 Å². The predicted molar refractivity (Wildman–Crippen MR) is 248 cm³/mol. The topological polar surface area (TPSA) is 38.7 Å². The molecule has 3 nitrogen and oxygen atoms in total. The Hall–Kier alpha value is -7.05. The normalized spacial score (nSPS) is 11.8. The second-order valence-electron chi connectivity index (χ2n) is 14.7. The van der Waals surface area contributed by atoms with Crippen molar-refractivity contribution in [3.63, 3.8) is 0 Å². The van der Waals surface area contributed by atoms with Crippen molar-refractivity contribution in [2.45, 2.75) is 0 Å². The Labute approximate surface area is 342 Å². The third kappa shape index (κ3) is 5.28. The van der Waals surface area contributed by atoms with Gasteiger partial charge in [0, 0.05) is 78.8 Å². The second kappa shape index (κ2) is 13.3. The molecule has 0 unspecified atom stereocenters. The summed E-state index contributed by atoms with van der Waals surface area (Å²) >= 11 is 3.70. The van der Waals surface area contributed by atoms with E-state index in [9.17, 15) is 0 Å². The number of para-hydroxylation sites is 1. The van der Waals surface area contributed by atoms with Crippen molar-refractivity contribution in [2.24, 2.45) is 0 Å². The number of hydrogen-bond acceptors (Lipinski definition) is 5. The van der Waals surface area contributed by atoms with Crippen LogP contribution in [0.2, 0.25) is 0 Å². The number of hydrogen-bond donors (Lipinski definition) is 0. The highest BCUT2D eigenvalue weighted by Crippen LogP contribution is 2.46. The second-order valence-corrected chi connectivity index (χ2v) is 16.8. The van der Waals surface area contributed by atoms with Gasteiger partial charge in [0.05, 0.1) is 22.6 Å². The van der Waals surface area contributed by atoms with E-state index in [1.165, 1.54) is 67.6 Å². The SMILES string of the molecule is c1ccc(-c2nc(-c3ccc(-c4cccc5c4sc4ccc6c(-c7ccccc7)nc7ccccc7c6c45)cc3)cc(-c3cccc4sc5ccccc5c34)n2)cc1. The molecule has 8 aromatic carbocycles. The van der Waals surface area contributed by atoms with Crippen LogP contribution < -0.4 is 0 Å². The summed E-state index contributed by atoms with van der Waals surface area (Å²) in [7, 11) is 0. The Morgan fingerprint density at radius 3 is 1.81 bits per heavy atom. The van der Waals surface area contributed by atoms with Crippen LogP contribution in [-0.2, 0) is 0 Å². The fraction of sp³-hybridized carbons (Fsp3) is 0. The van der Waals surface area contributed by atoms with Crippen LogP contribution in [0.5, 0.6) is 0 Å². The fourth-order valence-electron chi connectivity index (χ4n) is 8.63. The number of thiophene rings is 2. The van der Waals surface area contributed by atoms with Crippen molar-refractivity contribution in [3.8, 4) is 56.3 Å². The van der Waals surface area contributed by atoms with Crippen molar-refractivity contribution in [3.05, 3.63) is 188 Å². The van der Waals surface area contributed by atoms with Gasteiger partial charge in [0.2, 0.25) is 0 Å². The Morgan fingerprint density at radius 2 is 0.966 bits per heavy atom. The molecule has 4 aromatic heterocycles. The first-order valence-electron chi connectivity index (χ1n) is 19.4. The van der Waals surface area contributed by atoms with Crippen LogP contribution in [0.25, 0.3) is 118 Å². The fourth-order valence-corrected chi connectivity index (χ4v) is 11.0. The van der Waals surface area contributed by atoms with Crippen LogP contribution in [0, 0.1) is 0 Å². The van der Waals surface area contributed by atoms with Gasteiger partial charge in [0.1, 0.15) is 0 Å². The number of rotatable bonds is 5. The van der Waals surface area contributed by atoms with Crippen molar-refractivity contribution in [2.75, 3.05) is 0 Å². The molecule has 0 aliphatic carbocycles. The summed E-state index contributed by atoms with van der Waals surface area (Å²) in [5, 5.41) is 8.68. The van der Waals surface area contributed by atoms with E-state index in [1.807, 2.05) is 40.9 Å². The quantitative estimate of drug-likeness (QED) is 0.164. The van der Waals surface area contributed by atoms with Gasteiger partial charge in [0.15, 0.2) is 5.82 Å². The average Bonchev–Trinajstić information content (AvgIpc) is 3.88. The van der Waals surface area contributed by atoms with E-state index in [2.05, 4.69) is 170 Å². The third-order valence-corrected chi connectivity index (χ3v) is 13.6. The van der Waals surface area contributed by atoms with Crippen LogP contribution in [-0.4, -0.2) is 15.0 Å². The summed E-state index contributed by atoms with van der Waals surface area (Å²) in [4.78, 5) is 15.6. The molecule has 0 spiro atoms. The molecule has 0 atom stereocenters. The minimum atomic E-state index is 0.717. The Kier molecular flexibility index (Phi) is 7.58. The highest BCUT2D eigenvalue weighted by Gasteiger charge is 2.19. The van der Waals surface area contributed by atoms with Crippen LogP contribution in [0.3, 0.4) is 0 Å². The van der Waals surface area contributed by atoms with Gasteiger partial charge < -0.3 is 0 Å². The van der Waals surface area contributed by atoms with Crippen LogP contribution in [0.15, 0.2) is 188 Å². The maximum atomic E-state index is 5.21. The predicted octanol–water partition coefficient (Wildman–Crippen LogP) is 15.2. The summed E-state index contributed by atoms with van der Waals surface area (Å²) in [6.45, 7) is 0. The number of pyridine rings is 1.